The molecule has 2 aromatic carbocycles. The maximum absolute atomic E-state index is 11.6. The SMILES string of the molecule is CS(=O)(=O)c1cccc(NCc2cccc3cc[nH]c23)c1. The van der Waals surface area contributed by atoms with Gasteiger partial charge < -0.3 is 10.3 Å². The van der Waals surface area contributed by atoms with Crippen molar-refractivity contribution in [1.82, 2.24) is 4.98 Å². The molecule has 3 aromatic rings. The van der Waals surface area contributed by atoms with Gasteiger partial charge in [-0.2, -0.15) is 0 Å². The minimum absolute atomic E-state index is 0.325. The molecule has 0 amide bonds. The van der Waals surface area contributed by atoms with Gasteiger partial charge in [0.15, 0.2) is 9.84 Å². The van der Waals surface area contributed by atoms with Crippen LogP contribution in [0.1, 0.15) is 5.56 Å². The van der Waals surface area contributed by atoms with E-state index in [1.165, 1.54) is 11.6 Å². The second kappa shape index (κ2) is 5.26. The summed E-state index contributed by atoms with van der Waals surface area (Å²) in [5.74, 6) is 0. The average molecular weight is 300 g/mol. The van der Waals surface area contributed by atoms with Crippen LogP contribution in [0.5, 0.6) is 0 Å². The summed E-state index contributed by atoms with van der Waals surface area (Å²) in [5.41, 5.74) is 3.04. The number of H-pyrrole nitrogens is 1. The average Bonchev–Trinajstić information content (AvgIpc) is 2.93. The number of hydrogen-bond acceptors (Lipinski definition) is 3. The van der Waals surface area contributed by atoms with E-state index in [1.807, 2.05) is 30.5 Å². The first-order valence-corrected chi connectivity index (χ1v) is 8.52. The first kappa shape index (κ1) is 13.7. The zero-order chi connectivity index (χ0) is 14.9. The first-order valence-electron chi connectivity index (χ1n) is 6.63. The zero-order valence-electron chi connectivity index (χ0n) is 11.6. The highest BCUT2D eigenvalue weighted by molar-refractivity contribution is 7.90. The third-order valence-electron chi connectivity index (χ3n) is 3.42. The largest absolute Gasteiger partial charge is 0.381 e. The number of para-hydroxylation sites is 1. The number of nitrogens with one attached hydrogen (secondary N) is 2. The zero-order valence-corrected chi connectivity index (χ0v) is 12.4. The molecule has 5 heteroatoms. The fraction of sp³-hybridized carbons (Fsp3) is 0.125. The summed E-state index contributed by atoms with van der Waals surface area (Å²) < 4.78 is 23.1. The standard InChI is InChI=1S/C16H16N2O2S/c1-21(19,20)15-7-3-6-14(10-15)18-11-13-5-2-4-12-8-9-17-16(12)13/h2-10,17-18H,11H2,1H3. The Morgan fingerprint density at radius 2 is 1.90 bits per heavy atom. The Balaban J connectivity index is 1.84. The van der Waals surface area contributed by atoms with Crippen molar-refractivity contribution < 1.29 is 8.42 Å². The van der Waals surface area contributed by atoms with E-state index in [9.17, 15) is 8.42 Å². The Hall–Kier alpha value is -2.27. The van der Waals surface area contributed by atoms with E-state index < -0.39 is 9.84 Å². The molecule has 21 heavy (non-hydrogen) atoms. The van der Waals surface area contributed by atoms with Crippen LogP contribution in [0.25, 0.3) is 10.9 Å². The van der Waals surface area contributed by atoms with Crippen LogP contribution in [-0.4, -0.2) is 19.7 Å². The molecule has 2 N–H and O–H groups in total. The number of benzene rings is 2. The van der Waals surface area contributed by atoms with E-state index in [-0.39, 0.29) is 0 Å². The van der Waals surface area contributed by atoms with Gasteiger partial charge in [-0.3, -0.25) is 0 Å². The highest BCUT2D eigenvalue weighted by Gasteiger charge is 2.07. The minimum Gasteiger partial charge on any atom is -0.381 e. The van der Waals surface area contributed by atoms with Crippen LogP contribution in [-0.2, 0) is 16.4 Å². The number of fused-ring (bicyclic) bond motifs is 1. The number of rotatable bonds is 4. The van der Waals surface area contributed by atoms with Crippen molar-refractivity contribution in [3.63, 3.8) is 0 Å². The number of hydrogen-bond donors (Lipinski definition) is 2. The summed E-state index contributed by atoms with van der Waals surface area (Å²) in [5, 5.41) is 4.44. The molecular formula is C16H16N2O2S. The van der Waals surface area contributed by atoms with Crippen molar-refractivity contribution in [3.8, 4) is 0 Å². The van der Waals surface area contributed by atoms with Crippen LogP contribution in [0, 0.1) is 0 Å². The lowest BCUT2D eigenvalue weighted by atomic mass is 10.1. The predicted molar refractivity (Wildman–Crippen MR) is 85.2 cm³/mol. The van der Waals surface area contributed by atoms with Gasteiger partial charge in [-0.15, -0.1) is 0 Å². The van der Waals surface area contributed by atoms with Crippen LogP contribution in [0.2, 0.25) is 0 Å². The number of sulfone groups is 1. The van der Waals surface area contributed by atoms with E-state index >= 15 is 0 Å². The summed E-state index contributed by atoms with van der Waals surface area (Å²) >= 11 is 0. The van der Waals surface area contributed by atoms with Crippen LogP contribution < -0.4 is 5.32 Å². The molecule has 0 saturated carbocycles. The molecule has 0 saturated heterocycles. The monoisotopic (exact) mass is 300 g/mol. The lowest BCUT2D eigenvalue weighted by Crippen LogP contribution is -2.02. The minimum atomic E-state index is -3.18. The summed E-state index contributed by atoms with van der Waals surface area (Å²) in [7, 11) is -3.18. The summed E-state index contributed by atoms with van der Waals surface area (Å²) in [6, 6.07) is 15.0. The molecule has 1 heterocycles. The smallest absolute Gasteiger partial charge is 0.175 e. The number of aromatic amines is 1. The Kier molecular flexibility index (Phi) is 3.43. The molecule has 0 aliphatic heterocycles. The van der Waals surface area contributed by atoms with E-state index in [2.05, 4.69) is 16.4 Å². The van der Waals surface area contributed by atoms with Gasteiger partial charge >= 0.3 is 0 Å². The molecule has 1 aromatic heterocycles. The number of aromatic nitrogens is 1. The van der Waals surface area contributed by atoms with Crippen LogP contribution in [0.4, 0.5) is 5.69 Å². The van der Waals surface area contributed by atoms with Crippen molar-refractivity contribution in [2.75, 3.05) is 11.6 Å². The molecule has 108 valence electrons. The van der Waals surface area contributed by atoms with E-state index in [0.717, 1.165) is 16.8 Å². The molecule has 0 unspecified atom stereocenters. The summed E-state index contributed by atoms with van der Waals surface area (Å²) in [4.78, 5) is 3.55. The molecular weight excluding hydrogens is 284 g/mol. The van der Waals surface area contributed by atoms with E-state index in [4.69, 9.17) is 0 Å². The van der Waals surface area contributed by atoms with Crippen molar-refractivity contribution >= 4 is 26.4 Å². The van der Waals surface area contributed by atoms with Crippen molar-refractivity contribution in [1.29, 1.82) is 0 Å². The fourth-order valence-corrected chi connectivity index (χ4v) is 3.00. The highest BCUT2D eigenvalue weighted by Crippen LogP contribution is 2.20. The number of anilines is 1. The lowest BCUT2D eigenvalue weighted by Gasteiger charge is -2.09. The second-order valence-corrected chi connectivity index (χ2v) is 7.03. The molecule has 3 rings (SSSR count). The molecule has 0 atom stereocenters. The highest BCUT2D eigenvalue weighted by atomic mass is 32.2. The van der Waals surface area contributed by atoms with Crippen LogP contribution in [0.3, 0.4) is 0 Å². The Bertz CT molecular complexity index is 882. The summed E-state index contributed by atoms with van der Waals surface area (Å²) in [6.07, 6.45) is 3.13. The van der Waals surface area contributed by atoms with Gasteiger partial charge in [-0.1, -0.05) is 24.3 Å². The van der Waals surface area contributed by atoms with Gasteiger partial charge in [0, 0.05) is 24.7 Å². The third kappa shape index (κ3) is 2.92. The van der Waals surface area contributed by atoms with Crippen molar-refractivity contribution in [2.24, 2.45) is 0 Å². The molecule has 4 nitrogen and oxygen atoms in total. The second-order valence-electron chi connectivity index (χ2n) is 5.01. The van der Waals surface area contributed by atoms with Gasteiger partial charge in [0.25, 0.3) is 0 Å². The van der Waals surface area contributed by atoms with E-state index in [1.54, 1.807) is 18.2 Å². The quantitative estimate of drug-likeness (QED) is 0.778. The van der Waals surface area contributed by atoms with Crippen LogP contribution >= 0.6 is 0 Å². The van der Waals surface area contributed by atoms with Crippen LogP contribution in [0.15, 0.2) is 59.6 Å². The first-order chi connectivity index (χ1) is 10.0. The van der Waals surface area contributed by atoms with Gasteiger partial charge in [0.2, 0.25) is 0 Å². The Labute approximate surface area is 123 Å². The maximum atomic E-state index is 11.6. The van der Waals surface area contributed by atoms with Crippen molar-refractivity contribution in [3.05, 3.63) is 60.3 Å². The molecule has 0 radical (unpaired) electrons. The third-order valence-corrected chi connectivity index (χ3v) is 4.53. The maximum Gasteiger partial charge on any atom is 0.175 e. The van der Waals surface area contributed by atoms with E-state index in [0.29, 0.717) is 11.4 Å². The van der Waals surface area contributed by atoms with Gasteiger partial charge in [-0.05, 0) is 35.2 Å². The lowest BCUT2D eigenvalue weighted by molar-refractivity contribution is 0.602. The molecule has 0 fully saturated rings. The van der Waals surface area contributed by atoms with Gasteiger partial charge in [0.1, 0.15) is 0 Å². The summed E-state index contributed by atoms with van der Waals surface area (Å²) in [6.45, 7) is 0.630. The Morgan fingerprint density at radius 3 is 2.71 bits per heavy atom. The fourth-order valence-electron chi connectivity index (χ4n) is 2.33. The van der Waals surface area contributed by atoms with Crippen molar-refractivity contribution in [2.45, 2.75) is 11.4 Å². The molecule has 0 bridgehead atoms. The predicted octanol–water partition coefficient (Wildman–Crippen LogP) is 3.18. The normalized spacial score (nSPS) is 11.7. The topological polar surface area (TPSA) is 62.0 Å². The molecule has 0 aliphatic carbocycles. The van der Waals surface area contributed by atoms with Gasteiger partial charge in [0.05, 0.1) is 10.4 Å². The Morgan fingerprint density at radius 1 is 1.10 bits per heavy atom. The molecule has 0 spiro atoms. The molecule has 0 aliphatic rings. The van der Waals surface area contributed by atoms with Gasteiger partial charge in [-0.25, -0.2) is 8.42 Å².